The molecule has 0 unspecified atom stereocenters. The number of nitrogens with zero attached hydrogens (tertiary/aromatic N) is 3. The van der Waals surface area contributed by atoms with Gasteiger partial charge in [0.1, 0.15) is 29.0 Å². The quantitative estimate of drug-likeness (QED) is 0.0754. The van der Waals surface area contributed by atoms with E-state index in [1.807, 2.05) is 36.4 Å². The topological polar surface area (TPSA) is 169 Å². The van der Waals surface area contributed by atoms with Crippen molar-refractivity contribution in [2.24, 2.45) is 5.92 Å². The van der Waals surface area contributed by atoms with Gasteiger partial charge in [0.25, 0.3) is 21.6 Å². The zero-order valence-corrected chi connectivity index (χ0v) is 33.4. The molecule has 1 saturated carbocycles. The number of ether oxygens (including phenoxy) is 2. The summed E-state index contributed by atoms with van der Waals surface area (Å²) < 4.78 is 56.1. The van der Waals surface area contributed by atoms with Crippen LogP contribution in [0.1, 0.15) is 65.5 Å². The molecule has 2 atom stereocenters. The second-order valence-electron chi connectivity index (χ2n) is 15.7. The number of nitro groups is 1. The van der Waals surface area contributed by atoms with Crippen LogP contribution < -0.4 is 19.7 Å². The van der Waals surface area contributed by atoms with E-state index in [2.05, 4.69) is 43.1 Å². The van der Waals surface area contributed by atoms with Crippen molar-refractivity contribution in [2.75, 3.05) is 36.5 Å². The molecule has 0 spiro atoms. The fourth-order valence-electron chi connectivity index (χ4n) is 8.29. The summed E-state index contributed by atoms with van der Waals surface area (Å²) in [4.78, 5) is 34.4. The van der Waals surface area contributed by atoms with E-state index < -0.39 is 37.6 Å². The number of anilines is 2. The van der Waals surface area contributed by atoms with Crippen LogP contribution in [0.2, 0.25) is 0 Å². The molecule has 13 nitrogen and oxygen atoms in total. The van der Waals surface area contributed by atoms with E-state index in [-0.39, 0.29) is 35.5 Å². The van der Waals surface area contributed by atoms with Crippen LogP contribution in [0.5, 0.6) is 11.5 Å². The van der Waals surface area contributed by atoms with Crippen LogP contribution in [0.15, 0.2) is 114 Å². The first-order valence-electron chi connectivity index (χ1n) is 20.1. The van der Waals surface area contributed by atoms with Gasteiger partial charge in [0.05, 0.1) is 27.6 Å². The summed E-state index contributed by atoms with van der Waals surface area (Å²) in [6.07, 6.45) is 6.63. The number of nitrogens with one attached hydrogen (secondary N) is 3. The van der Waals surface area contributed by atoms with Crippen LogP contribution in [0.3, 0.4) is 0 Å². The van der Waals surface area contributed by atoms with Gasteiger partial charge in [-0.2, -0.15) is 0 Å². The van der Waals surface area contributed by atoms with Gasteiger partial charge in [-0.05, 0) is 108 Å². The number of hydrogen-bond acceptors (Lipinski definition) is 10. The van der Waals surface area contributed by atoms with Crippen LogP contribution in [0, 0.1) is 16.0 Å². The first-order chi connectivity index (χ1) is 29.1. The lowest BCUT2D eigenvalue weighted by Crippen LogP contribution is -2.31. The third-order valence-electron chi connectivity index (χ3n) is 11.6. The maximum atomic E-state index is 15.1. The van der Waals surface area contributed by atoms with E-state index >= 15 is 4.39 Å². The van der Waals surface area contributed by atoms with Crippen LogP contribution >= 0.6 is 0 Å². The fraction of sp³-hybridized carbons (Fsp3) is 0.289. The summed E-state index contributed by atoms with van der Waals surface area (Å²) in [5.41, 5.74) is 5.12. The Labute approximate surface area is 346 Å². The minimum Gasteiger partial charge on any atom is -0.455 e. The van der Waals surface area contributed by atoms with E-state index in [4.69, 9.17) is 9.47 Å². The van der Waals surface area contributed by atoms with E-state index in [0.717, 1.165) is 48.4 Å². The zero-order chi connectivity index (χ0) is 41.4. The number of pyridine rings is 1. The number of rotatable bonds is 13. The Balaban J connectivity index is 0.986. The highest BCUT2D eigenvalue weighted by atomic mass is 32.2. The highest BCUT2D eigenvalue weighted by Crippen LogP contribution is 2.47. The van der Waals surface area contributed by atoms with Gasteiger partial charge in [0.15, 0.2) is 0 Å². The van der Waals surface area contributed by atoms with Gasteiger partial charge in [-0.15, -0.1) is 0 Å². The Morgan fingerprint density at radius 3 is 2.48 bits per heavy atom. The summed E-state index contributed by atoms with van der Waals surface area (Å²) in [5.74, 6) is 0.153. The van der Waals surface area contributed by atoms with Crippen molar-refractivity contribution in [3.63, 3.8) is 0 Å². The first-order valence-corrected chi connectivity index (χ1v) is 21.6. The minimum atomic E-state index is -4.59. The van der Waals surface area contributed by atoms with Gasteiger partial charge in [0, 0.05) is 56.1 Å². The smallest absolute Gasteiger partial charge is 0.293 e. The van der Waals surface area contributed by atoms with Crippen LogP contribution in [0.25, 0.3) is 22.2 Å². The second-order valence-corrected chi connectivity index (χ2v) is 17.3. The first kappa shape index (κ1) is 39.2. The Morgan fingerprint density at radius 1 is 0.950 bits per heavy atom. The molecule has 2 aromatic heterocycles. The molecule has 9 rings (SSSR count). The molecule has 60 heavy (non-hydrogen) atoms. The molecule has 3 N–H and O–H groups in total. The molecule has 6 aromatic rings. The number of sulfonamides is 1. The number of fused-ring (bicyclic) bond motifs is 1. The maximum Gasteiger partial charge on any atom is 0.293 e. The van der Waals surface area contributed by atoms with Crippen molar-refractivity contribution in [2.45, 2.75) is 55.1 Å². The predicted octanol–water partition coefficient (Wildman–Crippen LogP) is 9.05. The monoisotopic (exact) mass is 830 g/mol. The standard InChI is InChI=1S/C45H43FN6O7S/c46-33-23-41(38-4-2-1-3-37(38)30-5-6-30)51(27-33)34-10-7-29(8-11-34)31-9-13-39(43(22-31)59-35-21-32-15-18-47-44(32)49-26-35)45(53)50-60(56,57)36-12-14-40(42(24-36)52(54)55)48-25-28-16-19-58-20-17-28/h1-4,7-15,18,21-22,24,26,28,30,33,41,48H,5-6,16-17,19-20,23,25,27H2,(H,47,49)(H,50,53)/t33-,41-/m0/s1. The summed E-state index contributed by atoms with van der Waals surface area (Å²) in [6, 6.07) is 27.9. The lowest BCUT2D eigenvalue weighted by Gasteiger charge is -2.28. The summed E-state index contributed by atoms with van der Waals surface area (Å²) in [5, 5.41) is 15.9. The van der Waals surface area contributed by atoms with Crippen molar-refractivity contribution in [1.82, 2.24) is 14.7 Å². The highest BCUT2D eigenvalue weighted by molar-refractivity contribution is 7.90. The number of amides is 1. The predicted molar refractivity (Wildman–Crippen MR) is 226 cm³/mol. The highest BCUT2D eigenvalue weighted by Gasteiger charge is 2.37. The van der Waals surface area contributed by atoms with Crippen molar-refractivity contribution >= 4 is 44.0 Å². The normalized spacial score (nSPS) is 18.4. The molecule has 15 heteroatoms. The maximum absolute atomic E-state index is 15.1. The molecular formula is C45H43FN6O7S. The molecule has 3 fully saturated rings. The zero-order valence-electron chi connectivity index (χ0n) is 32.6. The van der Waals surface area contributed by atoms with Gasteiger partial charge < -0.3 is 24.7 Å². The average molecular weight is 831 g/mol. The Hall–Kier alpha value is -6.32. The van der Waals surface area contributed by atoms with Crippen molar-refractivity contribution in [3.05, 3.63) is 136 Å². The Morgan fingerprint density at radius 2 is 1.72 bits per heavy atom. The van der Waals surface area contributed by atoms with Gasteiger partial charge in [0.2, 0.25) is 0 Å². The van der Waals surface area contributed by atoms with Crippen molar-refractivity contribution in [3.8, 4) is 22.6 Å². The number of carbonyl (C=O) groups excluding carboxylic acids is 1. The average Bonchev–Trinajstić information content (AvgIpc) is 3.88. The molecular weight excluding hydrogens is 788 g/mol. The molecule has 0 bridgehead atoms. The molecule has 4 aromatic carbocycles. The number of aromatic nitrogens is 2. The third-order valence-corrected chi connectivity index (χ3v) is 12.9. The van der Waals surface area contributed by atoms with Gasteiger partial charge in [-0.25, -0.2) is 22.5 Å². The van der Waals surface area contributed by atoms with Gasteiger partial charge >= 0.3 is 0 Å². The Bertz CT molecular complexity index is 2680. The summed E-state index contributed by atoms with van der Waals surface area (Å²) in [6.45, 7) is 1.99. The van der Waals surface area contributed by atoms with E-state index in [1.54, 1.807) is 24.4 Å². The molecule has 4 heterocycles. The Kier molecular flexibility index (Phi) is 10.7. The molecule has 1 aliphatic carbocycles. The molecule has 0 radical (unpaired) electrons. The minimum absolute atomic E-state index is 0.0520. The SMILES string of the molecule is O=C(NS(=O)(=O)c1ccc(NCC2CCOCC2)c([N+](=O)[O-])c1)c1ccc(-c2ccc(N3C[C@@H](F)C[C@H]3c3ccccc3C3CC3)cc2)cc1Oc1cnc2[nH]ccc2c1. The number of hydrogen-bond donors (Lipinski definition) is 3. The molecule has 2 saturated heterocycles. The largest absolute Gasteiger partial charge is 0.455 e. The number of alkyl halides is 1. The number of benzene rings is 4. The van der Waals surface area contributed by atoms with E-state index in [9.17, 15) is 23.3 Å². The van der Waals surface area contributed by atoms with Crippen molar-refractivity contribution < 1.29 is 32.0 Å². The number of nitro benzene ring substituents is 1. The van der Waals surface area contributed by atoms with Crippen LogP contribution in [-0.2, 0) is 14.8 Å². The summed E-state index contributed by atoms with van der Waals surface area (Å²) >= 11 is 0. The molecule has 3 aliphatic rings. The molecule has 1 amide bonds. The second kappa shape index (κ2) is 16.4. The van der Waals surface area contributed by atoms with E-state index in [1.165, 1.54) is 35.5 Å². The van der Waals surface area contributed by atoms with Crippen molar-refractivity contribution in [1.29, 1.82) is 0 Å². The lowest BCUT2D eigenvalue weighted by atomic mass is 9.95. The van der Waals surface area contributed by atoms with Crippen LogP contribution in [0.4, 0.5) is 21.5 Å². The number of halogens is 1. The van der Waals surface area contributed by atoms with E-state index in [0.29, 0.717) is 49.1 Å². The van der Waals surface area contributed by atoms with Gasteiger partial charge in [-0.3, -0.25) is 14.9 Å². The van der Waals surface area contributed by atoms with Crippen LogP contribution in [-0.4, -0.2) is 61.7 Å². The summed E-state index contributed by atoms with van der Waals surface area (Å²) in [7, 11) is -4.59. The molecule has 308 valence electrons. The number of aromatic amines is 1. The molecule has 2 aliphatic heterocycles. The number of carbonyl (C=O) groups is 1. The fourth-order valence-corrected chi connectivity index (χ4v) is 9.27. The third kappa shape index (κ3) is 8.27. The lowest BCUT2D eigenvalue weighted by molar-refractivity contribution is -0.384. The number of H-pyrrole nitrogens is 1. The van der Waals surface area contributed by atoms with Gasteiger partial charge in [-0.1, -0.05) is 42.5 Å².